The maximum atomic E-state index is 12.8. The number of ether oxygens (including phenoxy) is 3. The third-order valence-electron chi connectivity index (χ3n) is 6.56. The lowest BCUT2D eigenvalue weighted by Crippen LogP contribution is -2.46. The van der Waals surface area contributed by atoms with Crippen molar-refractivity contribution in [3.8, 4) is 16.9 Å². The number of rotatable bonds is 2. The highest BCUT2D eigenvalue weighted by molar-refractivity contribution is 6.36. The van der Waals surface area contributed by atoms with E-state index >= 15 is 0 Å². The second kappa shape index (κ2) is 9.14. The van der Waals surface area contributed by atoms with Crippen LogP contribution in [0.5, 0.6) is 5.75 Å². The largest absolute Gasteiger partial charge is 0.487 e. The van der Waals surface area contributed by atoms with Crippen molar-refractivity contribution in [2.45, 2.75) is 44.8 Å². The second-order valence-electron chi connectivity index (χ2n) is 10.1. The van der Waals surface area contributed by atoms with Crippen LogP contribution in [0, 0.1) is 0 Å². The Morgan fingerprint density at radius 3 is 2.56 bits per heavy atom. The van der Waals surface area contributed by atoms with Gasteiger partial charge in [0.25, 0.3) is 0 Å². The van der Waals surface area contributed by atoms with Gasteiger partial charge in [-0.05, 0) is 50.6 Å². The summed E-state index contributed by atoms with van der Waals surface area (Å²) in [5.74, 6) is 0.985. The Morgan fingerprint density at radius 1 is 1.09 bits per heavy atom. The Hall–Kier alpha value is -2.15. The number of anilines is 1. The summed E-state index contributed by atoms with van der Waals surface area (Å²) in [6.07, 6.45) is 0.521. The van der Waals surface area contributed by atoms with Crippen molar-refractivity contribution >= 4 is 35.0 Å². The maximum Gasteiger partial charge on any atom is 0.410 e. The standard InChI is InChI=1S/C26H30Cl2N2O4/c1-26(2,3)34-25(31)30-7-6-23-20(15-30)19-12-16(18-5-4-17(27)14-21(18)28)13-22(24(19)33-23)29-8-10-32-11-9-29/h4-5,12-14,20,23H,6-11,15H2,1-3H3. The predicted molar refractivity (Wildman–Crippen MR) is 135 cm³/mol. The van der Waals surface area contributed by atoms with E-state index < -0.39 is 5.60 Å². The van der Waals surface area contributed by atoms with Gasteiger partial charge in [-0.25, -0.2) is 4.79 Å². The van der Waals surface area contributed by atoms with Crippen molar-refractivity contribution in [2.24, 2.45) is 0 Å². The highest BCUT2D eigenvalue weighted by Crippen LogP contribution is 2.50. The van der Waals surface area contributed by atoms with Crippen molar-refractivity contribution < 1.29 is 19.0 Å². The van der Waals surface area contributed by atoms with Crippen LogP contribution in [0.1, 0.15) is 38.7 Å². The molecule has 0 aliphatic carbocycles. The van der Waals surface area contributed by atoms with E-state index in [2.05, 4.69) is 17.0 Å². The monoisotopic (exact) mass is 504 g/mol. The molecule has 5 rings (SSSR count). The third kappa shape index (κ3) is 4.68. The van der Waals surface area contributed by atoms with Crippen molar-refractivity contribution in [2.75, 3.05) is 44.3 Å². The quantitative estimate of drug-likeness (QED) is 0.503. The predicted octanol–water partition coefficient (Wildman–Crippen LogP) is 5.98. The summed E-state index contributed by atoms with van der Waals surface area (Å²) in [4.78, 5) is 16.9. The molecule has 3 heterocycles. The fourth-order valence-electron chi connectivity index (χ4n) is 4.97. The minimum atomic E-state index is -0.528. The van der Waals surface area contributed by atoms with Crippen LogP contribution in [0.3, 0.4) is 0 Å². The van der Waals surface area contributed by atoms with Crippen LogP contribution >= 0.6 is 23.2 Å². The van der Waals surface area contributed by atoms with Crippen LogP contribution in [-0.4, -0.2) is 62.1 Å². The molecule has 0 N–H and O–H groups in total. The van der Waals surface area contributed by atoms with E-state index in [9.17, 15) is 4.79 Å². The SMILES string of the molecule is CC(C)(C)OC(=O)N1CCC2Oc3c(cc(-c4ccc(Cl)cc4Cl)cc3N3CCOCC3)C2C1. The van der Waals surface area contributed by atoms with Gasteiger partial charge in [0.2, 0.25) is 0 Å². The van der Waals surface area contributed by atoms with Crippen molar-refractivity contribution in [1.29, 1.82) is 0 Å². The molecule has 8 heteroatoms. The lowest BCUT2D eigenvalue weighted by atomic mass is 9.88. The summed E-state index contributed by atoms with van der Waals surface area (Å²) >= 11 is 12.8. The molecule has 182 valence electrons. The molecular weight excluding hydrogens is 475 g/mol. The highest BCUT2D eigenvalue weighted by Gasteiger charge is 2.43. The summed E-state index contributed by atoms with van der Waals surface area (Å²) in [5.41, 5.74) is 3.58. The maximum absolute atomic E-state index is 12.8. The van der Waals surface area contributed by atoms with Gasteiger partial charge in [-0.2, -0.15) is 0 Å². The van der Waals surface area contributed by atoms with Crippen molar-refractivity contribution in [1.82, 2.24) is 4.90 Å². The number of amides is 1. The van der Waals surface area contributed by atoms with Crippen LogP contribution in [0.25, 0.3) is 11.1 Å². The normalized spacial score (nSPS) is 22.1. The number of carbonyl (C=O) groups is 1. The molecular formula is C26H30Cl2N2O4. The first kappa shape index (κ1) is 23.6. The summed E-state index contributed by atoms with van der Waals surface area (Å²) in [5, 5.41) is 1.21. The Balaban J connectivity index is 1.54. The Morgan fingerprint density at radius 2 is 1.85 bits per heavy atom. The highest BCUT2D eigenvalue weighted by atomic mass is 35.5. The number of halogens is 2. The summed E-state index contributed by atoms with van der Waals surface area (Å²) in [6, 6.07) is 9.90. The van der Waals surface area contributed by atoms with Crippen molar-refractivity contribution in [3.63, 3.8) is 0 Å². The summed E-state index contributed by atoms with van der Waals surface area (Å²) < 4.78 is 17.8. The van der Waals surface area contributed by atoms with Gasteiger partial charge >= 0.3 is 6.09 Å². The second-order valence-corrected chi connectivity index (χ2v) is 11.0. The van der Waals surface area contributed by atoms with E-state index in [1.165, 1.54) is 0 Å². The molecule has 0 bridgehead atoms. The van der Waals surface area contributed by atoms with E-state index in [-0.39, 0.29) is 18.1 Å². The van der Waals surface area contributed by atoms with Crippen LogP contribution < -0.4 is 9.64 Å². The third-order valence-corrected chi connectivity index (χ3v) is 7.11. The molecule has 34 heavy (non-hydrogen) atoms. The topological polar surface area (TPSA) is 51.2 Å². The molecule has 2 fully saturated rings. The molecule has 3 aliphatic rings. The van der Waals surface area contributed by atoms with Gasteiger partial charge in [0.15, 0.2) is 0 Å². The number of morpholine rings is 1. The molecule has 2 aromatic rings. The van der Waals surface area contributed by atoms with Crippen LogP contribution in [0.4, 0.5) is 10.5 Å². The van der Waals surface area contributed by atoms with E-state index in [4.69, 9.17) is 37.4 Å². The van der Waals surface area contributed by atoms with Gasteiger partial charge in [-0.15, -0.1) is 0 Å². The number of carbonyl (C=O) groups excluding carboxylic acids is 1. The molecule has 2 atom stereocenters. The number of benzene rings is 2. The first-order valence-corrected chi connectivity index (χ1v) is 12.6. The summed E-state index contributed by atoms with van der Waals surface area (Å²) in [7, 11) is 0. The number of fused-ring (bicyclic) bond motifs is 3. The molecule has 3 aliphatic heterocycles. The van der Waals surface area contributed by atoms with Gasteiger partial charge in [-0.3, -0.25) is 0 Å². The van der Waals surface area contributed by atoms with Gasteiger partial charge in [0, 0.05) is 59.7 Å². The lowest BCUT2D eigenvalue weighted by molar-refractivity contribution is 0.0118. The zero-order valence-corrected chi connectivity index (χ0v) is 21.3. The molecule has 0 radical (unpaired) electrons. The molecule has 0 saturated carbocycles. The van der Waals surface area contributed by atoms with Crippen LogP contribution in [0.15, 0.2) is 30.3 Å². The number of nitrogens with zero attached hydrogens (tertiary/aromatic N) is 2. The molecule has 6 nitrogen and oxygen atoms in total. The Bertz CT molecular complexity index is 1090. The minimum Gasteiger partial charge on any atom is -0.487 e. The number of hydrogen-bond acceptors (Lipinski definition) is 5. The lowest BCUT2D eigenvalue weighted by Gasteiger charge is -2.35. The molecule has 2 saturated heterocycles. The average Bonchev–Trinajstić information content (AvgIpc) is 3.16. The molecule has 0 spiro atoms. The minimum absolute atomic E-state index is 0.0319. The average molecular weight is 505 g/mol. The van der Waals surface area contributed by atoms with Gasteiger partial charge in [0.1, 0.15) is 17.5 Å². The van der Waals surface area contributed by atoms with E-state index in [1.54, 1.807) is 11.0 Å². The first-order valence-electron chi connectivity index (χ1n) is 11.8. The van der Waals surface area contributed by atoms with E-state index in [0.717, 1.165) is 47.6 Å². The smallest absolute Gasteiger partial charge is 0.410 e. The molecule has 1 amide bonds. The zero-order chi connectivity index (χ0) is 24.0. The van der Waals surface area contributed by atoms with Crippen LogP contribution in [0.2, 0.25) is 10.0 Å². The van der Waals surface area contributed by atoms with Gasteiger partial charge in [-0.1, -0.05) is 29.3 Å². The van der Waals surface area contributed by atoms with Gasteiger partial charge < -0.3 is 24.0 Å². The van der Waals surface area contributed by atoms with E-state index in [0.29, 0.717) is 36.3 Å². The number of likely N-dealkylation sites (tertiary alicyclic amines) is 1. The fourth-order valence-corrected chi connectivity index (χ4v) is 5.49. The molecule has 0 aromatic heterocycles. The Labute approximate surface area is 210 Å². The number of piperidine rings is 1. The van der Waals surface area contributed by atoms with Crippen molar-refractivity contribution in [3.05, 3.63) is 45.9 Å². The fraction of sp³-hybridized carbons (Fsp3) is 0.500. The Kier molecular flexibility index (Phi) is 6.34. The summed E-state index contributed by atoms with van der Waals surface area (Å²) in [6.45, 7) is 9.81. The first-order chi connectivity index (χ1) is 16.2. The molecule has 2 aromatic carbocycles. The van der Waals surface area contributed by atoms with Gasteiger partial charge in [0.05, 0.1) is 18.9 Å². The van der Waals surface area contributed by atoms with Crippen LogP contribution in [-0.2, 0) is 9.47 Å². The van der Waals surface area contributed by atoms with E-state index in [1.807, 2.05) is 32.9 Å². The zero-order valence-electron chi connectivity index (χ0n) is 19.8. The molecule has 2 unspecified atom stereocenters. The number of hydrogen-bond donors (Lipinski definition) is 0.